The molecular formula is C54H70N6. The summed E-state index contributed by atoms with van der Waals surface area (Å²) in [4.78, 5) is 5.89. The molecule has 0 amide bonds. The number of hydrogen-bond acceptors (Lipinski definition) is 6. The molecule has 3 aliphatic heterocycles. The van der Waals surface area contributed by atoms with Gasteiger partial charge in [0.05, 0.1) is 42.6 Å². The normalized spacial score (nSPS) is 45.5. The van der Waals surface area contributed by atoms with Crippen LogP contribution in [0.15, 0.2) is 120 Å². The third-order valence-electron chi connectivity index (χ3n) is 17.4. The quantitative estimate of drug-likeness (QED) is 0.233. The Hall–Kier alpha value is -3.63. The second-order valence-electron chi connectivity index (χ2n) is 20.9. The first-order valence-electron chi connectivity index (χ1n) is 24.6. The van der Waals surface area contributed by atoms with Crippen molar-refractivity contribution >= 4 is 0 Å². The summed E-state index contributed by atoms with van der Waals surface area (Å²) in [5.74, 6) is 4.88. The minimum atomic E-state index is -0.0269. The Morgan fingerprint density at radius 2 is 1.35 bits per heavy atom. The lowest BCUT2D eigenvalue weighted by atomic mass is 9.70. The van der Waals surface area contributed by atoms with E-state index < -0.39 is 0 Å². The number of rotatable bonds is 6. The van der Waals surface area contributed by atoms with Gasteiger partial charge in [0, 0.05) is 53.1 Å². The van der Waals surface area contributed by atoms with E-state index >= 15 is 0 Å². The summed E-state index contributed by atoms with van der Waals surface area (Å²) in [5.41, 5.74) is 6.64. The van der Waals surface area contributed by atoms with Crippen molar-refractivity contribution in [3.05, 3.63) is 120 Å². The summed E-state index contributed by atoms with van der Waals surface area (Å²) >= 11 is 0. The van der Waals surface area contributed by atoms with Crippen LogP contribution in [-0.2, 0) is 0 Å². The van der Waals surface area contributed by atoms with E-state index in [9.17, 15) is 5.26 Å². The molecule has 0 aromatic heterocycles. The number of hydrogen-bond donors (Lipinski definition) is 3. The highest BCUT2D eigenvalue weighted by molar-refractivity contribution is 5.41. The minimum absolute atomic E-state index is 0.0269. The van der Waals surface area contributed by atoms with Gasteiger partial charge in [0.25, 0.3) is 0 Å². The first-order valence-corrected chi connectivity index (χ1v) is 24.6. The highest BCUT2D eigenvalue weighted by Crippen LogP contribution is 2.54. The van der Waals surface area contributed by atoms with Crippen LogP contribution in [0.3, 0.4) is 0 Å². The second-order valence-corrected chi connectivity index (χ2v) is 20.9. The Labute approximate surface area is 361 Å². The van der Waals surface area contributed by atoms with E-state index in [4.69, 9.17) is 0 Å². The van der Waals surface area contributed by atoms with Gasteiger partial charge in [-0.25, -0.2) is 0 Å². The summed E-state index contributed by atoms with van der Waals surface area (Å²) in [5, 5.41) is 24.2. The zero-order valence-electron chi connectivity index (χ0n) is 36.3. The van der Waals surface area contributed by atoms with Gasteiger partial charge in [-0.05, 0) is 125 Å². The van der Waals surface area contributed by atoms with Gasteiger partial charge in [-0.3, -0.25) is 16.0 Å². The summed E-state index contributed by atoms with van der Waals surface area (Å²) in [6.45, 7) is 4.93. The Balaban J connectivity index is 0.974. The van der Waals surface area contributed by atoms with Gasteiger partial charge >= 0.3 is 0 Å². The fourth-order valence-electron chi connectivity index (χ4n) is 14.5. The van der Waals surface area contributed by atoms with Gasteiger partial charge in [-0.15, -0.1) is 0 Å². The first-order chi connectivity index (χ1) is 29.5. The van der Waals surface area contributed by atoms with E-state index in [0.29, 0.717) is 65.5 Å². The van der Waals surface area contributed by atoms with Crippen LogP contribution >= 0.6 is 0 Å². The van der Waals surface area contributed by atoms with Crippen molar-refractivity contribution in [1.29, 1.82) is 5.26 Å². The van der Waals surface area contributed by atoms with Crippen molar-refractivity contribution in [1.82, 2.24) is 25.8 Å². The smallest absolute Gasteiger partial charge is 0.0677 e. The molecule has 60 heavy (non-hydrogen) atoms. The second kappa shape index (κ2) is 16.6. The SMILES string of the molecule is CC1C=CC2C(C1)C1=C(CCC(C)C1)N2C1CC(N2C3=C(C=CCC3)C3CCC=CC32)C(C#N)CC1C1NC(C2C=CC=CC2)NC(C2C=CC(C3C=CC=CC3)CC2)N1. The predicted octanol–water partition coefficient (Wildman–Crippen LogP) is 10.1. The van der Waals surface area contributed by atoms with Crippen molar-refractivity contribution in [2.45, 2.75) is 146 Å². The van der Waals surface area contributed by atoms with Gasteiger partial charge in [-0.1, -0.05) is 111 Å². The Morgan fingerprint density at radius 3 is 2.13 bits per heavy atom. The lowest BCUT2D eigenvalue weighted by molar-refractivity contribution is -0.00739. The average Bonchev–Trinajstić information content (AvgIpc) is 3.81. The molecule has 0 aromatic carbocycles. The van der Waals surface area contributed by atoms with Crippen LogP contribution < -0.4 is 16.0 Å². The Morgan fingerprint density at radius 1 is 0.600 bits per heavy atom. The van der Waals surface area contributed by atoms with Gasteiger partial charge in [-0.2, -0.15) is 5.26 Å². The molecule has 1 saturated carbocycles. The number of nitrogens with zero attached hydrogens (tertiary/aromatic N) is 3. The molecule has 8 aliphatic carbocycles. The lowest BCUT2D eigenvalue weighted by Gasteiger charge is -2.55. The van der Waals surface area contributed by atoms with Crippen molar-refractivity contribution in [3.8, 4) is 6.07 Å². The van der Waals surface area contributed by atoms with E-state index in [2.05, 4.69) is 143 Å². The molecule has 1 saturated heterocycles. The van der Waals surface area contributed by atoms with Gasteiger partial charge in [0.2, 0.25) is 0 Å². The third kappa shape index (κ3) is 7.03. The largest absolute Gasteiger partial charge is 0.364 e. The highest BCUT2D eigenvalue weighted by Gasteiger charge is 2.55. The van der Waals surface area contributed by atoms with Crippen LogP contribution in [0, 0.1) is 70.5 Å². The molecule has 17 atom stereocenters. The van der Waals surface area contributed by atoms with Crippen molar-refractivity contribution < 1.29 is 0 Å². The van der Waals surface area contributed by atoms with E-state index in [1.165, 1.54) is 51.4 Å². The highest BCUT2D eigenvalue weighted by atomic mass is 15.4. The van der Waals surface area contributed by atoms with E-state index in [1.807, 2.05) is 0 Å². The fraction of sp³-hybridized carbons (Fsp3) is 0.611. The number of fused-ring (bicyclic) bond motifs is 4. The van der Waals surface area contributed by atoms with Gasteiger partial charge in [0.1, 0.15) is 0 Å². The molecule has 0 spiro atoms. The molecule has 11 aliphatic rings. The number of nitriles is 1. The summed E-state index contributed by atoms with van der Waals surface area (Å²) in [6.07, 6.45) is 55.4. The molecule has 0 aromatic rings. The standard InChI is InChI=1S/C54H70N6/c1-34-21-27-48-43(29-34)44-30-35(2)22-28-49(44)60(48)51-32-50(59-46-19-11-9-17-41(46)42-18-10-12-20-47(42)59)40(33-55)31-45(51)54-57-52(38-15-7-4-8-16-38)56-53(58-54)39-25-23-37(24-26-39)36-13-5-3-6-14-36/h3-9,12-13,15,17,20-21,23,25,27,34-40,42-43,45,47-48,50-54,56-58H,10-11,14,16,18-19,22,24,26,28-32H2,1-2H3. The third-order valence-corrected chi connectivity index (χ3v) is 17.4. The molecule has 3 N–H and O–H groups in total. The first kappa shape index (κ1) is 39.2. The molecule has 6 heteroatoms. The molecule has 0 bridgehead atoms. The van der Waals surface area contributed by atoms with Crippen LogP contribution in [0.2, 0.25) is 0 Å². The van der Waals surface area contributed by atoms with Crippen molar-refractivity contribution in [3.63, 3.8) is 0 Å². The zero-order valence-corrected chi connectivity index (χ0v) is 36.3. The average molecular weight is 803 g/mol. The van der Waals surface area contributed by atoms with Crippen LogP contribution in [0.4, 0.5) is 0 Å². The summed E-state index contributed by atoms with van der Waals surface area (Å²) in [6, 6.07) is 4.41. The van der Waals surface area contributed by atoms with Crippen LogP contribution in [-0.4, -0.2) is 52.5 Å². The summed E-state index contributed by atoms with van der Waals surface area (Å²) < 4.78 is 0. The monoisotopic (exact) mass is 803 g/mol. The molecule has 0 radical (unpaired) electrons. The molecular weight excluding hydrogens is 733 g/mol. The zero-order chi connectivity index (χ0) is 40.3. The van der Waals surface area contributed by atoms with Crippen molar-refractivity contribution in [2.75, 3.05) is 0 Å². The summed E-state index contributed by atoms with van der Waals surface area (Å²) in [7, 11) is 0. The maximum absolute atomic E-state index is 11.4. The van der Waals surface area contributed by atoms with Crippen LogP contribution in [0.5, 0.6) is 0 Å². The van der Waals surface area contributed by atoms with Crippen molar-refractivity contribution in [2.24, 2.45) is 59.2 Å². The molecule has 17 unspecified atom stereocenters. The van der Waals surface area contributed by atoms with Gasteiger partial charge < -0.3 is 9.80 Å². The van der Waals surface area contributed by atoms with E-state index in [-0.39, 0.29) is 30.5 Å². The lowest BCUT2D eigenvalue weighted by Crippen LogP contribution is -2.74. The Bertz CT molecular complexity index is 2000. The number of allylic oxidation sites excluding steroid dienone is 14. The molecule has 11 rings (SSSR count). The van der Waals surface area contributed by atoms with Gasteiger partial charge in [0.15, 0.2) is 0 Å². The maximum atomic E-state index is 11.4. The van der Waals surface area contributed by atoms with E-state index in [0.717, 1.165) is 44.4 Å². The molecule has 2 fully saturated rings. The fourth-order valence-corrected chi connectivity index (χ4v) is 14.5. The minimum Gasteiger partial charge on any atom is -0.364 e. The van der Waals surface area contributed by atoms with E-state index in [1.54, 1.807) is 22.5 Å². The molecule has 6 nitrogen and oxygen atoms in total. The van der Waals surface area contributed by atoms with Crippen LogP contribution in [0.1, 0.15) is 104 Å². The predicted molar refractivity (Wildman–Crippen MR) is 243 cm³/mol. The topological polar surface area (TPSA) is 66.4 Å². The Kier molecular flexibility index (Phi) is 10.8. The van der Waals surface area contributed by atoms with Crippen LogP contribution in [0.25, 0.3) is 0 Å². The maximum Gasteiger partial charge on any atom is 0.0677 e. The molecule has 316 valence electrons. The number of nitrogens with one attached hydrogen (secondary N) is 3. The molecule has 3 heterocycles.